The Hall–Kier alpha value is -2.60. The maximum absolute atomic E-state index is 13.2. The number of aromatic nitrogens is 2. The Morgan fingerprint density at radius 1 is 1.00 bits per heavy atom. The molecule has 5 nitrogen and oxygen atoms in total. The Kier molecular flexibility index (Phi) is 4.90. The molecule has 2 aromatic carbocycles. The molecule has 0 radical (unpaired) electrons. The summed E-state index contributed by atoms with van der Waals surface area (Å²) in [4.78, 5) is 4.22. The summed E-state index contributed by atoms with van der Waals surface area (Å²) in [5.74, 6) is 0.662. The van der Waals surface area contributed by atoms with Gasteiger partial charge in [-0.1, -0.05) is 48.5 Å². The van der Waals surface area contributed by atoms with Gasteiger partial charge in [-0.3, -0.25) is 4.31 Å². The molecule has 0 aliphatic carbocycles. The average molecular weight is 355 g/mol. The summed E-state index contributed by atoms with van der Waals surface area (Å²) in [5.41, 5.74) is 1.73. The number of hydrogen-bond donors (Lipinski definition) is 0. The zero-order chi connectivity index (χ0) is 17.9. The molecule has 0 N–H and O–H groups in total. The lowest BCUT2D eigenvalue weighted by molar-refractivity contribution is 0.587. The Labute approximate surface area is 148 Å². The zero-order valence-corrected chi connectivity index (χ0v) is 15.1. The van der Waals surface area contributed by atoms with Crippen LogP contribution in [0.4, 0.5) is 5.69 Å². The van der Waals surface area contributed by atoms with Crippen molar-refractivity contribution in [3.05, 3.63) is 78.2 Å². The summed E-state index contributed by atoms with van der Waals surface area (Å²) in [6.45, 7) is 2.14. The fourth-order valence-corrected chi connectivity index (χ4v) is 4.12. The molecule has 0 bridgehead atoms. The van der Waals surface area contributed by atoms with Crippen LogP contribution in [0.15, 0.2) is 71.9 Å². The van der Waals surface area contributed by atoms with Crippen LogP contribution in [0.5, 0.6) is 0 Å². The quantitative estimate of drug-likeness (QED) is 0.682. The molecule has 0 atom stereocenters. The highest BCUT2D eigenvalue weighted by atomic mass is 32.2. The highest BCUT2D eigenvalue weighted by Gasteiger charge is 2.27. The summed E-state index contributed by atoms with van der Waals surface area (Å²) in [6, 6.07) is 19.0. The third-order valence-electron chi connectivity index (χ3n) is 4.13. The topological polar surface area (TPSA) is 55.2 Å². The van der Waals surface area contributed by atoms with Crippen LogP contribution in [0.1, 0.15) is 11.4 Å². The Bertz CT molecular complexity index is 916. The SMILES string of the molecule is Cc1nc(S(=O)(=O)N(CCc2ccccc2)c2ccccc2)cn1C. The Balaban J connectivity index is 1.96. The van der Waals surface area contributed by atoms with Crippen molar-refractivity contribution < 1.29 is 8.42 Å². The number of rotatable bonds is 6. The van der Waals surface area contributed by atoms with Crippen molar-refractivity contribution in [3.63, 3.8) is 0 Å². The highest BCUT2D eigenvalue weighted by Crippen LogP contribution is 2.23. The predicted molar refractivity (Wildman–Crippen MR) is 99.1 cm³/mol. The van der Waals surface area contributed by atoms with E-state index in [0.717, 1.165) is 5.56 Å². The minimum atomic E-state index is -3.72. The van der Waals surface area contributed by atoms with Crippen molar-refractivity contribution in [2.24, 2.45) is 7.05 Å². The Morgan fingerprint density at radius 3 is 2.16 bits per heavy atom. The predicted octanol–water partition coefficient (Wildman–Crippen LogP) is 3.17. The number of nitrogens with zero attached hydrogens (tertiary/aromatic N) is 3. The van der Waals surface area contributed by atoms with Gasteiger partial charge in [0.05, 0.1) is 5.69 Å². The van der Waals surface area contributed by atoms with E-state index in [1.165, 1.54) is 4.31 Å². The van der Waals surface area contributed by atoms with E-state index in [2.05, 4.69) is 4.98 Å². The van der Waals surface area contributed by atoms with Crippen LogP contribution in [0.3, 0.4) is 0 Å². The van der Waals surface area contributed by atoms with Gasteiger partial charge < -0.3 is 4.57 Å². The summed E-state index contributed by atoms with van der Waals surface area (Å²) < 4.78 is 29.5. The van der Waals surface area contributed by atoms with E-state index < -0.39 is 10.0 Å². The number of sulfonamides is 1. The maximum atomic E-state index is 13.2. The van der Waals surface area contributed by atoms with E-state index >= 15 is 0 Å². The average Bonchev–Trinajstić information content (AvgIpc) is 2.97. The Morgan fingerprint density at radius 2 is 1.60 bits per heavy atom. The van der Waals surface area contributed by atoms with E-state index in [9.17, 15) is 8.42 Å². The summed E-state index contributed by atoms with van der Waals surface area (Å²) >= 11 is 0. The van der Waals surface area contributed by atoms with Crippen molar-refractivity contribution in [2.75, 3.05) is 10.8 Å². The molecule has 0 aliphatic heterocycles. The fourth-order valence-electron chi connectivity index (χ4n) is 2.62. The van der Waals surface area contributed by atoms with Gasteiger partial charge in [0.15, 0.2) is 5.03 Å². The minimum Gasteiger partial charge on any atom is -0.337 e. The van der Waals surface area contributed by atoms with Crippen LogP contribution in [-0.2, 0) is 23.5 Å². The van der Waals surface area contributed by atoms with E-state index in [1.807, 2.05) is 48.5 Å². The largest absolute Gasteiger partial charge is 0.337 e. The van der Waals surface area contributed by atoms with Gasteiger partial charge in [-0.05, 0) is 31.0 Å². The van der Waals surface area contributed by atoms with Crippen LogP contribution < -0.4 is 4.31 Å². The van der Waals surface area contributed by atoms with E-state index in [4.69, 9.17) is 0 Å². The number of aryl methyl sites for hydroxylation is 2. The third kappa shape index (κ3) is 3.74. The van der Waals surface area contributed by atoms with Gasteiger partial charge >= 0.3 is 0 Å². The lowest BCUT2D eigenvalue weighted by Crippen LogP contribution is -2.33. The second-order valence-electron chi connectivity index (χ2n) is 5.89. The van der Waals surface area contributed by atoms with Gasteiger partial charge in [0.25, 0.3) is 10.0 Å². The molecular formula is C19H21N3O2S. The number of anilines is 1. The van der Waals surface area contributed by atoms with Gasteiger partial charge in [0.2, 0.25) is 0 Å². The van der Waals surface area contributed by atoms with Gasteiger partial charge in [-0.25, -0.2) is 4.98 Å². The van der Waals surface area contributed by atoms with E-state index in [0.29, 0.717) is 24.5 Å². The molecule has 3 aromatic rings. The zero-order valence-electron chi connectivity index (χ0n) is 14.3. The normalized spacial score (nSPS) is 11.4. The molecule has 0 spiro atoms. The molecule has 6 heteroatoms. The molecule has 3 rings (SSSR count). The summed E-state index contributed by atoms with van der Waals surface area (Å²) in [6.07, 6.45) is 2.18. The first-order chi connectivity index (χ1) is 12.0. The molecule has 0 aliphatic rings. The van der Waals surface area contributed by atoms with Crippen molar-refractivity contribution >= 4 is 15.7 Å². The van der Waals surface area contributed by atoms with Gasteiger partial charge in [-0.15, -0.1) is 0 Å². The van der Waals surface area contributed by atoms with Crippen molar-refractivity contribution in [1.82, 2.24) is 9.55 Å². The monoisotopic (exact) mass is 355 g/mol. The van der Waals surface area contributed by atoms with E-state index in [1.54, 1.807) is 36.9 Å². The first-order valence-corrected chi connectivity index (χ1v) is 9.54. The number of para-hydroxylation sites is 1. The molecule has 1 aromatic heterocycles. The fraction of sp³-hybridized carbons (Fsp3) is 0.211. The molecule has 25 heavy (non-hydrogen) atoms. The first-order valence-electron chi connectivity index (χ1n) is 8.10. The van der Waals surface area contributed by atoms with Crippen LogP contribution in [0.25, 0.3) is 0 Å². The number of hydrogen-bond acceptors (Lipinski definition) is 3. The summed E-state index contributed by atoms with van der Waals surface area (Å²) in [5, 5.41) is 0.0735. The van der Waals surface area contributed by atoms with Crippen LogP contribution >= 0.6 is 0 Å². The van der Waals surface area contributed by atoms with Gasteiger partial charge in [-0.2, -0.15) is 8.42 Å². The van der Waals surface area contributed by atoms with Crippen molar-refractivity contribution in [1.29, 1.82) is 0 Å². The van der Waals surface area contributed by atoms with E-state index in [-0.39, 0.29) is 5.03 Å². The second-order valence-corrected chi connectivity index (χ2v) is 7.69. The van der Waals surface area contributed by atoms with Crippen LogP contribution in [-0.4, -0.2) is 24.5 Å². The van der Waals surface area contributed by atoms with Crippen molar-refractivity contribution in [3.8, 4) is 0 Å². The molecule has 0 unspecified atom stereocenters. The van der Waals surface area contributed by atoms with Gasteiger partial charge in [0.1, 0.15) is 5.82 Å². The number of imidazole rings is 1. The van der Waals surface area contributed by atoms with Crippen molar-refractivity contribution in [2.45, 2.75) is 18.4 Å². The van der Waals surface area contributed by atoms with Crippen LogP contribution in [0, 0.1) is 6.92 Å². The molecule has 0 amide bonds. The molecule has 0 saturated heterocycles. The number of benzene rings is 2. The lowest BCUT2D eigenvalue weighted by atomic mass is 10.1. The molecule has 1 heterocycles. The van der Waals surface area contributed by atoms with Gasteiger partial charge in [0, 0.05) is 19.8 Å². The molecule has 0 fully saturated rings. The third-order valence-corrected chi connectivity index (χ3v) is 5.83. The molecule has 0 saturated carbocycles. The smallest absolute Gasteiger partial charge is 0.283 e. The maximum Gasteiger partial charge on any atom is 0.283 e. The lowest BCUT2D eigenvalue weighted by Gasteiger charge is -2.23. The highest BCUT2D eigenvalue weighted by molar-refractivity contribution is 7.92. The first kappa shape index (κ1) is 17.2. The minimum absolute atomic E-state index is 0.0735. The molecule has 130 valence electrons. The van der Waals surface area contributed by atoms with Crippen LogP contribution in [0.2, 0.25) is 0 Å². The second kappa shape index (κ2) is 7.11. The molecular weight excluding hydrogens is 334 g/mol. The summed E-state index contributed by atoms with van der Waals surface area (Å²) in [7, 11) is -1.93. The standard InChI is InChI=1S/C19H21N3O2S/c1-16-20-19(15-21(16)2)25(23,24)22(18-11-7-4-8-12-18)14-13-17-9-5-3-6-10-17/h3-12,15H,13-14H2,1-2H3.